The first-order chi connectivity index (χ1) is 34.2. The summed E-state index contributed by atoms with van der Waals surface area (Å²) in [6.45, 7) is 0. The standard InChI is InChI=1S/C67H45NO/c1-4-18-46(19-5-1)47-34-36-48(37-35-47)49-38-42-53(43-39-49)68(63-32-14-11-24-56(63)58-28-16-29-59-57-25-12-15-33-64(57)69-66(58)59)54-44-40-50(41-45-54)55-27-17-31-62-65(55)60-26-10-13-30-61(60)67(62,51-20-6-2-7-21-51)52-22-8-3-9-23-52/h1-45H. The average molecular weight is 880 g/mol. The summed E-state index contributed by atoms with van der Waals surface area (Å²) in [7, 11) is 0. The lowest BCUT2D eigenvalue weighted by Crippen LogP contribution is -2.28. The van der Waals surface area contributed by atoms with Gasteiger partial charge < -0.3 is 9.32 Å². The van der Waals surface area contributed by atoms with E-state index in [0.717, 1.165) is 61.3 Å². The number of furan rings is 1. The second-order valence-corrected chi connectivity index (χ2v) is 17.9. The molecule has 324 valence electrons. The average Bonchev–Trinajstić information content (AvgIpc) is 3.97. The third-order valence-corrected chi connectivity index (χ3v) is 14.2. The van der Waals surface area contributed by atoms with E-state index in [1.54, 1.807) is 0 Å². The van der Waals surface area contributed by atoms with Crippen LogP contribution >= 0.6 is 0 Å². The molecule has 2 heteroatoms. The minimum atomic E-state index is -0.469. The molecule has 1 aliphatic carbocycles. The minimum absolute atomic E-state index is 0.469. The van der Waals surface area contributed by atoms with Crippen LogP contribution in [-0.4, -0.2) is 0 Å². The fourth-order valence-electron chi connectivity index (χ4n) is 11.1. The Bertz CT molecular complexity index is 3760. The van der Waals surface area contributed by atoms with E-state index in [-0.39, 0.29) is 0 Å². The van der Waals surface area contributed by atoms with Gasteiger partial charge in [0.05, 0.1) is 11.1 Å². The molecule has 0 bridgehead atoms. The van der Waals surface area contributed by atoms with Gasteiger partial charge in [-0.2, -0.15) is 0 Å². The summed E-state index contributed by atoms with van der Waals surface area (Å²) in [6, 6.07) is 99.0. The molecule has 0 saturated carbocycles. The molecule has 0 atom stereocenters. The second-order valence-electron chi connectivity index (χ2n) is 17.9. The van der Waals surface area contributed by atoms with Crippen molar-refractivity contribution in [3.05, 3.63) is 295 Å². The van der Waals surface area contributed by atoms with Gasteiger partial charge in [-0.25, -0.2) is 0 Å². The number of nitrogens with zero attached hydrogens (tertiary/aromatic N) is 1. The minimum Gasteiger partial charge on any atom is -0.455 e. The summed E-state index contributed by atoms with van der Waals surface area (Å²) < 4.78 is 6.66. The zero-order chi connectivity index (χ0) is 45.7. The maximum atomic E-state index is 6.66. The first kappa shape index (κ1) is 40.3. The van der Waals surface area contributed by atoms with Gasteiger partial charge in [0.25, 0.3) is 0 Å². The molecule has 0 spiro atoms. The molecule has 1 heterocycles. The van der Waals surface area contributed by atoms with Gasteiger partial charge in [0.1, 0.15) is 11.2 Å². The largest absolute Gasteiger partial charge is 0.455 e. The Morgan fingerprint density at radius 2 is 0.739 bits per heavy atom. The summed E-state index contributed by atoms with van der Waals surface area (Å²) in [5, 5.41) is 2.23. The highest BCUT2D eigenvalue weighted by Crippen LogP contribution is 2.58. The number of benzene rings is 11. The predicted octanol–water partition coefficient (Wildman–Crippen LogP) is 18.1. The first-order valence-corrected chi connectivity index (χ1v) is 23.7. The number of hydrogen-bond acceptors (Lipinski definition) is 2. The van der Waals surface area contributed by atoms with E-state index in [1.807, 2.05) is 6.07 Å². The van der Waals surface area contributed by atoms with Gasteiger partial charge >= 0.3 is 0 Å². The van der Waals surface area contributed by atoms with Crippen LogP contribution in [0.2, 0.25) is 0 Å². The van der Waals surface area contributed by atoms with Gasteiger partial charge in [0, 0.05) is 33.3 Å². The summed E-state index contributed by atoms with van der Waals surface area (Å²) >= 11 is 0. The molecule has 0 unspecified atom stereocenters. The normalized spacial score (nSPS) is 12.5. The fourth-order valence-corrected chi connectivity index (χ4v) is 11.1. The van der Waals surface area contributed by atoms with E-state index in [4.69, 9.17) is 4.42 Å². The highest BCUT2D eigenvalue weighted by atomic mass is 16.3. The number of anilines is 3. The van der Waals surface area contributed by atoms with Crippen molar-refractivity contribution in [3.63, 3.8) is 0 Å². The zero-order valence-electron chi connectivity index (χ0n) is 37.8. The molecule has 0 fully saturated rings. The lowest BCUT2D eigenvalue weighted by Gasteiger charge is -2.34. The highest BCUT2D eigenvalue weighted by Gasteiger charge is 2.46. The van der Waals surface area contributed by atoms with Gasteiger partial charge in [0.2, 0.25) is 0 Å². The second kappa shape index (κ2) is 16.7. The Labute approximate surface area is 402 Å². The van der Waals surface area contributed by atoms with Crippen molar-refractivity contribution in [1.82, 2.24) is 0 Å². The maximum Gasteiger partial charge on any atom is 0.143 e. The van der Waals surface area contributed by atoms with Gasteiger partial charge in [-0.1, -0.05) is 237 Å². The molecule has 0 N–H and O–H groups in total. The third-order valence-electron chi connectivity index (χ3n) is 14.2. The van der Waals surface area contributed by atoms with E-state index in [1.165, 1.54) is 55.6 Å². The Kier molecular flexibility index (Phi) is 9.77. The van der Waals surface area contributed by atoms with Crippen LogP contribution in [0.15, 0.2) is 277 Å². The summed E-state index contributed by atoms with van der Waals surface area (Å²) in [6.07, 6.45) is 0. The molecule has 0 saturated heterocycles. The van der Waals surface area contributed by atoms with Gasteiger partial charge in [-0.05, 0) is 103 Å². The molecule has 13 rings (SSSR count). The number of rotatable bonds is 9. The van der Waals surface area contributed by atoms with Crippen LogP contribution in [0.4, 0.5) is 17.1 Å². The van der Waals surface area contributed by atoms with Crippen LogP contribution < -0.4 is 4.90 Å². The Balaban J connectivity index is 0.952. The van der Waals surface area contributed by atoms with E-state index >= 15 is 0 Å². The van der Waals surface area contributed by atoms with E-state index in [2.05, 4.69) is 272 Å². The van der Waals surface area contributed by atoms with Crippen LogP contribution in [0.5, 0.6) is 0 Å². The van der Waals surface area contributed by atoms with E-state index in [0.29, 0.717) is 0 Å². The molecule has 11 aromatic carbocycles. The topological polar surface area (TPSA) is 16.4 Å². The number of hydrogen-bond donors (Lipinski definition) is 0. The summed E-state index contributed by atoms with van der Waals surface area (Å²) in [4.78, 5) is 2.39. The molecular formula is C67H45NO. The molecule has 12 aromatic rings. The number of fused-ring (bicyclic) bond motifs is 6. The third kappa shape index (κ3) is 6.64. The van der Waals surface area contributed by atoms with Crippen LogP contribution in [0.25, 0.3) is 77.6 Å². The van der Waals surface area contributed by atoms with E-state index < -0.39 is 5.41 Å². The van der Waals surface area contributed by atoms with Gasteiger partial charge in [-0.3, -0.25) is 0 Å². The van der Waals surface area contributed by atoms with Crippen molar-refractivity contribution in [1.29, 1.82) is 0 Å². The Morgan fingerprint density at radius 1 is 0.290 bits per heavy atom. The van der Waals surface area contributed by atoms with Crippen molar-refractivity contribution in [2.45, 2.75) is 5.41 Å². The summed E-state index contributed by atoms with van der Waals surface area (Å²) in [5.74, 6) is 0. The quantitative estimate of drug-likeness (QED) is 0.144. The molecule has 2 nitrogen and oxygen atoms in total. The Morgan fingerprint density at radius 3 is 1.41 bits per heavy atom. The summed E-state index contributed by atoms with van der Waals surface area (Å²) in [5.41, 5.74) is 21.4. The number of para-hydroxylation sites is 3. The van der Waals surface area contributed by atoms with Crippen molar-refractivity contribution < 1.29 is 4.42 Å². The highest BCUT2D eigenvalue weighted by molar-refractivity contribution is 6.11. The first-order valence-electron chi connectivity index (χ1n) is 23.7. The molecule has 69 heavy (non-hydrogen) atoms. The SMILES string of the molecule is c1ccc(-c2ccc(-c3ccc(N(c4ccc(-c5cccc6c5-c5ccccc5C6(c5ccccc5)c5ccccc5)cc4)c4ccccc4-c4cccc5c4oc4ccccc45)cc3)cc2)cc1. The van der Waals surface area contributed by atoms with E-state index in [9.17, 15) is 0 Å². The van der Waals surface area contributed by atoms with Crippen molar-refractivity contribution in [2.24, 2.45) is 0 Å². The van der Waals surface area contributed by atoms with Crippen molar-refractivity contribution in [3.8, 4) is 55.6 Å². The van der Waals surface area contributed by atoms with Crippen LogP contribution in [-0.2, 0) is 5.41 Å². The van der Waals surface area contributed by atoms with Crippen molar-refractivity contribution >= 4 is 39.0 Å². The smallest absolute Gasteiger partial charge is 0.143 e. The van der Waals surface area contributed by atoms with Gasteiger partial charge in [0.15, 0.2) is 0 Å². The Hall–Kier alpha value is -8.98. The van der Waals surface area contributed by atoms with Crippen molar-refractivity contribution in [2.75, 3.05) is 4.90 Å². The van der Waals surface area contributed by atoms with Crippen LogP contribution in [0.1, 0.15) is 22.3 Å². The molecule has 0 radical (unpaired) electrons. The zero-order valence-corrected chi connectivity index (χ0v) is 37.8. The molecule has 0 aliphatic heterocycles. The molecule has 1 aliphatic rings. The van der Waals surface area contributed by atoms with Crippen LogP contribution in [0.3, 0.4) is 0 Å². The van der Waals surface area contributed by atoms with Crippen LogP contribution in [0, 0.1) is 0 Å². The predicted molar refractivity (Wildman–Crippen MR) is 287 cm³/mol. The lowest BCUT2D eigenvalue weighted by atomic mass is 9.67. The molecule has 1 aromatic heterocycles. The van der Waals surface area contributed by atoms with Gasteiger partial charge in [-0.15, -0.1) is 0 Å². The molecule has 0 amide bonds. The monoisotopic (exact) mass is 879 g/mol. The fraction of sp³-hybridized carbons (Fsp3) is 0.0149. The maximum absolute atomic E-state index is 6.66. The lowest BCUT2D eigenvalue weighted by molar-refractivity contribution is 0.670. The molecular weight excluding hydrogens is 835 g/mol.